The SMILES string of the molecule is COc1ccc(F)cc1-c1ccnc2[nH]c(C3=CCN(S(=O)(=O)NC(=O)OCC(O)CO)CC3)cc12. The quantitative estimate of drug-likeness (QED) is 0.351. The van der Waals surface area contributed by atoms with Crippen molar-refractivity contribution in [2.75, 3.05) is 33.4 Å². The number of nitrogens with zero attached hydrogens (tertiary/aromatic N) is 2. The second-order valence-corrected chi connectivity index (χ2v) is 9.70. The Morgan fingerprint density at radius 2 is 2.11 bits per heavy atom. The van der Waals surface area contributed by atoms with E-state index in [0.29, 0.717) is 23.4 Å². The summed E-state index contributed by atoms with van der Waals surface area (Å²) in [5.74, 6) is 0.117. The van der Waals surface area contributed by atoms with E-state index >= 15 is 0 Å². The standard InChI is InChI=1S/C23H25FN4O7S/c1-34-21-3-2-15(24)10-18(21)17-4-7-25-22-19(17)11-20(26-22)14-5-8-28(9-6-14)36(32,33)27-23(31)35-13-16(30)12-29/h2-5,7,10-11,16,29-30H,6,8-9,12-13H2,1H3,(H,25,26)(H,27,31). The number of methoxy groups -OCH3 is 1. The van der Waals surface area contributed by atoms with Crippen LogP contribution in [0.1, 0.15) is 12.1 Å². The molecule has 13 heteroatoms. The van der Waals surface area contributed by atoms with Gasteiger partial charge >= 0.3 is 16.3 Å². The molecule has 0 fully saturated rings. The first kappa shape index (κ1) is 25.6. The number of carbonyl (C=O) groups excluding carboxylic acids is 1. The molecule has 0 bridgehead atoms. The van der Waals surface area contributed by atoms with Crippen LogP contribution >= 0.6 is 0 Å². The molecule has 0 saturated heterocycles. The Morgan fingerprint density at radius 1 is 1.31 bits per heavy atom. The van der Waals surface area contributed by atoms with Crippen LogP contribution in [0.5, 0.6) is 5.75 Å². The average molecular weight is 521 g/mol. The number of rotatable bonds is 8. The van der Waals surface area contributed by atoms with Crippen molar-refractivity contribution in [2.24, 2.45) is 0 Å². The number of carbonyl (C=O) groups is 1. The van der Waals surface area contributed by atoms with Gasteiger partial charge < -0.3 is 24.7 Å². The number of fused-ring (bicyclic) bond motifs is 1. The Morgan fingerprint density at radius 3 is 2.81 bits per heavy atom. The van der Waals surface area contributed by atoms with E-state index in [2.05, 4.69) is 14.7 Å². The van der Waals surface area contributed by atoms with Crippen LogP contribution < -0.4 is 9.46 Å². The number of aliphatic hydroxyl groups excluding tert-OH is 2. The molecule has 0 aliphatic carbocycles. The zero-order valence-corrected chi connectivity index (χ0v) is 20.1. The van der Waals surface area contributed by atoms with Gasteiger partial charge in [0.2, 0.25) is 0 Å². The van der Waals surface area contributed by atoms with Gasteiger partial charge in [-0.05, 0) is 47.9 Å². The summed E-state index contributed by atoms with van der Waals surface area (Å²) in [5, 5.41) is 18.7. The number of ether oxygens (including phenoxy) is 2. The molecular formula is C23H25FN4O7S. The molecule has 3 heterocycles. The summed E-state index contributed by atoms with van der Waals surface area (Å²) in [6, 6.07) is 7.92. The molecule has 1 unspecified atom stereocenters. The van der Waals surface area contributed by atoms with Crippen LogP contribution in [-0.4, -0.2) is 78.5 Å². The maximum atomic E-state index is 14.0. The summed E-state index contributed by atoms with van der Waals surface area (Å²) < 4.78 is 51.8. The maximum Gasteiger partial charge on any atom is 0.422 e. The number of aromatic amines is 1. The summed E-state index contributed by atoms with van der Waals surface area (Å²) in [7, 11) is -2.66. The molecule has 0 radical (unpaired) electrons. The molecule has 192 valence electrons. The first-order valence-corrected chi connectivity index (χ1v) is 12.4. The van der Waals surface area contributed by atoms with Crippen LogP contribution in [-0.2, 0) is 14.9 Å². The van der Waals surface area contributed by atoms with Gasteiger partial charge in [-0.3, -0.25) is 0 Å². The fourth-order valence-electron chi connectivity index (χ4n) is 3.86. The molecule has 4 N–H and O–H groups in total. The van der Waals surface area contributed by atoms with Crippen LogP contribution in [0.2, 0.25) is 0 Å². The van der Waals surface area contributed by atoms with Crippen molar-refractivity contribution < 1.29 is 37.3 Å². The molecule has 1 aliphatic heterocycles. The van der Waals surface area contributed by atoms with Crippen molar-refractivity contribution in [1.29, 1.82) is 0 Å². The normalized spacial score (nSPS) is 15.4. The molecule has 36 heavy (non-hydrogen) atoms. The molecule has 3 aromatic rings. The van der Waals surface area contributed by atoms with Gasteiger partial charge in [-0.2, -0.15) is 12.7 Å². The Hall–Kier alpha value is -3.52. The van der Waals surface area contributed by atoms with E-state index < -0.39 is 41.4 Å². The van der Waals surface area contributed by atoms with Crippen LogP contribution in [0.3, 0.4) is 0 Å². The third kappa shape index (κ3) is 5.49. The van der Waals surface area contributed by atoms with Gasteiger partial charge in [0.25, 0.3) is 0 Å². The highest BCUT2D eigenvalue weighted by Gasteiger charge is 2.27. The number of nitrogens with one attached hydrogen (secondary N) is 2. The fraction of sp³-hybridized carbons (Fsp3) is 0.304. The number of benzene rings is 1. The third-order valence-electron chi connectivity index (χ3n) is 5.67. The summed E-state index contributed by atoms with van der Waals surface area (Å²) >= 11 is 0. The number of aromatic nitrogens is 2. The Balaban J connectivity index is 1.52. The maximum absolute atomic E-state index is 14.0. The van der Waals surface area contributed by atoms with Gasteiger partial charge in [-0.25, -0.2) is 18.9 Å². The Bertz CT molecular complexity index is 1410. The molecular weight excluding hydrogens is 495 g/mol. The van der Waals surface area contributed by atoms with E-state index in [0.717, 1.165) is 26.5 Å². The van der Waals surface area contributed by atoms with Crippen molar-refractivity contribution in [1.82, 2.24) is 19.0 Å². The highest BCUT2D eigenvalue weighted by Crippen LogP contribution is 2.36. The molecule has 1 atom stereocenters. The van der Waals surface area contributed by atoms with E-state index in [9.17, 15) is 22.7 Å². The molecule has 1 aromatic carbocycles. The summed E-state index contributed by atoms with van der Waals surface area (Å²) in [6.07, 6.45) is 1.13. The number of pyridine rings is 1. The van der Waals surface area contributed by atoms with Crippen LogP contribution in [0.15, 0.2) is 42.6 Å². The van der Waals surface area contributed by atoms with Gasteiger partial charge in [0.05, 0.1) is 13.7 Å². The fourth-order valence-corrected chi connectivity index (χ4v) is 4.86. The molecule has 0 spiro atoms. The average Bonchev–Trinajstić information content (AvgIpc) is 3.31. The number of hydrogen-bond donors (Lipinski definition) is 4. The van der Waals surface area contributed by atoms with Crippen LogP contribution in [0, 0.1) is 5.82 Å². The smallest absolute Gasteiger partial charge is 0.422 e. The van der Waals surface area contributed by atoms with Gasteiger partial charge in [-0.1, -0.05) is 6.08 Å². The largest absolute Gasteiger partial charge is 0.496 e. The van der Waals surface area contributed by atoms with Gasteiger partial charge in [-0.15, -0.1) is 0 Å². The molecule has 11 nitrogen and oxygen atoms in total. The first-order valence-electron chi connectivity index (χ1n) is 11.0. The van der Waals surface area contributed by atoms with Crippen molar-refractivity contribution in [3.8, 4) is 16.9 Å². The van der Waals surface area contributed by atoms with E-state index in [1.165, 1.54) is 19.2 Å². The second-order valence-electron chi connectivity index (χ2n) is 8.03. The minimum Gasteiger partial charge on any atom is -0.496 e. The lowest BCUT2D eigenvalue weighted by atomic mass is 10.0. The van der Waals surface area contributed by atoms with Gasteiger partial charge in [0.15, 0.2) is 0 Å². The van der Waals surface area contributed by atoms with E-state index in [1.807, 2.05) is 6.07 Å². The first-order chi connectivity index (χ1) is 17.2. The number of aliphatic hydroxyl groups is 2. The third-order valence-corrected chi connectivity index (χ3v) is 7.11. The lowest BCUT2D eigenvalue weighted by molar-refractivity contribution is 0.0336. The molecule has 0 saturated carbocycles. The minimum atomic E-state index is -4.17. The predicted molar refractivity (Wildman–Crippen MR) is 129 cm³/mol. The lowest BCUT2D eigenvalue weighted by Crippen LogP contribution is -2.45. The van der Waals surface area contributed by atoms with Crippen molar-refractivity contribution >= 4 is 32.9 Å². The van der Waals surface area contributed by atoms with Crippen molar-refractivity contribution in [3.05, 3.63) is 54.1 Å². The topological polar surface area (TPSA) is 154 Å². The highest BCUT2D eigenvalue weighted by molar-refractivity contribution is 7.87. The number of hydrogen-bond acceptors (Lipinski definition) is 8. The second kappa shape index (κ2) is 10.6. The monoisotopic (exact) mass is 520 g/mol. The zero-order chi connectivity index (χ0) is 25.9. The van der Waals surface area contributed by atoms with Crippen LogP contribution in [0.25, 0.3) is 27.7 Å². The molecule has 1 amide bonds. The highest BCUT2D eigenvalue weighted by atomic mass is 32.2. The van der Waals surface area contributed by atoms with Crippen molar-refractivity contribution in [2.45, 2.75) is 12.5 Å². The zero-order valence-electron chi connectivity index (χ0n) is 19.3. The van der Waals surface area contributed by atoms with E-state index in [4.69, 9.17) is 9.84 Å². The Kier molecular flexibility index (Phi) is 7.54. The molecule has 1 aliphatic rings. The van der Waals surface area contributed by atoms with E-state index in [-0.39, 0.29) is 13.1 Å². The van der Waals surface area contributed by atoms with E-state index in [1.54, 1.807) is 29.1 Å². The van der Waals surface area contributed by atoms with Gasteiger partial charge in [0, 0.05) is 35.9 Å². The Labute approximate surface area is 206 Å². The molecule has 4 rings (SSSR count). The summed E-state index contributed by atoms with van der Waals surface area (Å²) in [4.78, 5) is 19.3. The number of halogens is 1. The van der Waals surface area contributed by atoms with Gasteiger partial charge in [0.1, 0.15) is 29.9 Å². The predicted octanol–water partition coefficient (Wildman–Crippen LogP) is 1.79. The number of H-pyrrole nitrogens is 1. The summed E-state index contributed by atoms with van der Waals surface area (Å²) in [5.41, 5.74) is 3.48. The molecule has 2 aromatic heterocycles. The van der Waals surface area contributed by atoms with Crippen molar-refractivity contribution in [3.63, 3.8) is 0 Å². The number of amides is 1. The summed E-state index contributed by atoms with van der Waals surface area (Å²) in [6.45, 7) is -1.06. The van der Waals surface area contributed by atoms with Crippen LogP contribution in [0.4, 0.5) is 9.18 Å². The minimum absolute atomic E-state index is 0.00455. The lowest BCUT2D eigenvalue weighted by Gasteiger charge is -2.25.